The second-order valence-corrected chi connectivity index (χ2v) is 9.55. The molecule has 146 valence electrons. The molecule has 0 atom stereocenters. The van der Waals surface area contributed by atoms with E-state index in [2.05, 4.69) is 0 Å². The fourth-order valence-corrected chi connectivity index (χ4v) is 5.15. The van der Waals surface area contributed by atoms with Crippen LogP contribution in [0.5, 0.6) is 0 Å². The number of benzene rings is 2. The predicted octanol–water partition coefficient (Wildman–Crippen LogP) is 2.43. The second-order valence-electron chi connectivity index (χ2n) is 6.74. The van der Waals surface area contributed by atoms with E-state index in [1.54, 1.807) is 11.9 Å². The van der Waals surface area contributed by atoms with Gasteiger partial charge in [0.15, 0.2) is 15.6 Å². The van der Waals surface area contributed by atoms with Crippen LogP contribution < -0.4 is 0 Å². The molecule has 0 fully saturated rings. The third kappa shape index (κ3) is 4.81. The number of hydrogen-bond donors (Lipinski definition) is 0. The first kappa shape index (κ1) is 20.6. The van der Waals surface area contributed by atoms with E-state index >= 15 is 0 Å². The molecule has 1 aliphatic rings. The molecule has 1 heterocycles. The summed E-state index contributed by atoms with van der Waals surface area (Å²) < 4.78 is 25.0. The largest absolute Gasteiger partial charge is 0.351 e. The van der Waals surface area contributed by atoms with Crippen molar-refractivity contribution in [3.05, 3.63) is 71.3 Å². The Kier molecular flexibility index (Phi) is 6.22. The maximum atomic E-state index is 12.5. The van der Waals surface area contributed by atoms with Crippen molar-refractivity contribution in [1.29, 1.82) is 0 Å². The van der Waals surface area contributed by atoms with Crippen LogP contribution in [0.2, 0.25) is 0 Å². The maximum Gasteiger partial charge on any atom is 0.175 e. The average Bonchev–Trinajstić information content (AvgIpc) is 2.96. The van der Waals surface area contributed by atoms with E-state index in [1.807, 2.05) is 54.6 Å². The number of carbonyl (C=O) groups is 1. The zero-order valence-corrected chi connectivity index (χ0v) is 17.8. The lowest BCUT2D eigenvalue weighted by Crippen LogP contribution is -2.37. The molecule has 0 saturated heterocycles. The summed E-state index contributed by atoms with van der Waals surface area (Å²) in [6, 6.07) is 16.9. The van der Waals surface area contributed by atoms with Crippen LogP contribution in [-0.4, -0.2) is 59.2 Å². The quantitative estimate of drug-likeness (QED) is 0.623. The fourth-order valence-electron chi connectivity index (χ4n) is 3.15. The topological polar surface area (TPSA) is 57.7 Å². The molecule has 2 aromatic carbocycles. The number of ketones is 1. The minimum absolute atomic E-state index is 0.0143. The van der Waals surface area contributed by atoms with Crippen LogP contribution in [0.3, 0.4) is 0 Å². The lowest BCUT2D eigenvalue weighted by Gasteiger charge is -2.21. The monoisotopic (exact) mass is 432 g/mol. The van der Waals surface area contributed by atoms with Crippen LogP contribution in [0.4, 0.5) is 0 Å². The lowest BCUT2D eigenvalue weighted by molar-refractivity contribution is -0.117. The first-order chi connectivity index (χ1) is 13.3. The van der Waals surface area contributed by atoms with Crippen molar-refractivity contribution in [1.82, 2.24) is 9.80 Å². The summed E-state index contributed by atoms with van der Waals surface area (Å²) in [6.45, 7) is 0.512. The van der Waals surface area contributed by atoms with Gasteiger partial charge in [0, 0.05) is 24.7 Å². The highest BCUT2D eigenvalue weighted by molar-refractivity contribution is 7.92. The lowest BCUT2D eigenvalue weighted by atomic mass is 10.1. The Morgan fingerprint density at radius 2 is 1.75 bits per heavy atom. The van der Waals surface area contributed by atoms with E-state index in [9.17, 15) is 13.2 Å². The van der Waals surface area contributed by atoms with Gasteiger partial charge in [-0.15, -0.1) is 0 Å². The molecule has 3 rings (SSSR count). The number of nitrogens with zero attached hydrogens (tertiary/aromatic N) is 2. The summed E-state index contributed by atoms with van der Waals surface area (Å²) in [6.07, 6.45) is 0. The van der Waals surface area contributed by atoms with Gasteiger partial charge in [0.2, 0.25) is 0 Å². The van der Waals surface area contributed by atoms with Crippen LogP contribution in [0.15, 0.2) is 54.6 Å². The third-order valence-corrected chi connectivity index (χ3v) is 6.97. The van der Waals surface area contributed by atoms with Crippen molar-refractivity contribution in [3.63, 3.8) is 0 Å². The molecule has 0 radical (unpaired) electrons. The number of thiocarbonyl (C=S) groups is 2. The molecule has 5 nitrogen and oxygen atoms in total. The standard InChI is InChI=1S/C20H20N2O3S3/c1-21(19(26)15-7-3-2-4-8-15)14-28(24,25)13-17(23)12-22-11-16-9-5-6-10-18(16)20(22)27/h2-10H,11-14H2,1H3. The Morgan fingerprint density at radius 1 is 1.11 bits per heavy atom. The minimum atomic E-state index is -3.64. The number of carbonyl (C=O) groups excluding carboxylic acids is 1. The van der Waals surface area contributed by atoms with Crippen molar-refractivity contribution >= 4 is 50.0 Å². The highest BCUT2D eigenvalue weighted by Crippen LogP contribution is 2.23. The summed E-state index contributed by atoms with van der Waals surface area (Å²) in [7, 11) is -2.03. The van der Waals surface area contributed by atoms with E-state index in [1.165, 1.54) is 4.90 Å². The van der Waals surface area contributed by atoms with Crippen LogP contribution in [0.1, 0.15) is 16.7 Å². The SMILES string of the molecule is CN(CS(=O)(=O)CC(=O)CN1Cc2ccccc2C1=S)C(=S)c1ccccc1. The second kappa shape index (κ2) is 8.46. The van der Waals surface area contributed by atoms with Gasteiger partial charge in [0.25, 0.3) is 0 Å². The Balaban J connectivity index is 1.58. The van der Waals surface area contributed by atoms with Gasteiger partial charge in [-0.25, -0.2) is 8.42 Å². The number of rotatable bonds is 7. The normalized spacial score (nSPS) is 13.3. The van der Waals surface area contributed by atoms with E-state index in [0.29, 0.717) is 16.5 Å². The Labute approximate surface area is 175 Å². The molecule has 28 heavy (non-hydrogen) atoms. The Hall–Kier alpha value is -2.16. The van der Waals surface area contributed by atoms with Gasteiger partial charge in [-0.1, -0.05) is 79.0 Å². The smallest absolute Gasteiger partial charge is 0.175 e. The molecule has 0 amide bonds. The summed E-state index contributed by atoms with van der Waals surface area (Å²) in [5.41, 5.74) is 2.75. The number of sulfone groups is 1. The first-order valence-corrected chi connectivity index (χ1v) is 11.3. The van der Waals surface area contributed by atoms with Gasteiger partial charge in [0.1, 0.15) is 21.6 Å². The van der Waals surface area contributed by atoms with Crippen molar-refractivity contribution < 1.29 is 13.2 Å². The van der Waals surface area contributed by atoms with E-state index in [0.717, 1.165) is 16.7 Å². The highest BCUT2D eigenvalue weighted by atomic mass is 32.2. The molecule has 0 N–H and O–H groups in total. The van der Waals surface area contributed by atoms with Gasteiger partial charge < -0.3 is 9.80 Å². The molecule has 0 aromatic heterocycles. The molecule has 1 aliphatic heterocycles. The van der Waals surface area contributed by atoms with Crippen LogP contribution in [0, 0.1) is 0 Å². The molecule has 0 aliphatic carbocycles. The number of fused-ring (bicyclic) bond motifs is 1. The van der Waals surface area contributed by atoms with Gasteiger partial charge >= 0.3 is 0 Å². The number of Topliss-reactive ketones (excluding diaryl/α,β-unsaturated/α-hetero) is 1. The van der Waals surface area contributed by atoms with Gasteiger partial charge in [-0.3, -0.25) is 4.79 Å². The van der Waals surface area contributed by atoms with E-state index < -0.39 is 15.6 Å². The predicted molar refractivity (Wildman–Crippen MR) is 118 cm³/mol. The number of hydrogen-bond acceptors (Lipinski definition) is 5. The minimum Gasteiger partial charge on any atom is -0.351 e. The molecular weight excluding hydrogens is 412 g/mol. The van der Waals surface area contributed by atoms with Crippen molar-refractivity contribution in [2.45, 2.75) is 6.54 Å². The zero-order valence-electron chi connectivity index (χ0n) is 15.4. The van der Waals surface area contributed by atoms with Crippen molar-refractivity contribution in [3.8, 4) is 0 Å². The summed E-state index contributed by atoms with van der Waals surface area (Å²) in [4.78, 5) is 16.6. The molecule has 0 spiro atoms. The molecule has 0 saturated carbocycles. The van der Waals surface area contributed by atoms with E-state index in [-0.39, 0.29) is 18.2 Å². The van der Waals surface area contributed by atoms with Crippen molar-refractivity contribution in [2.24, 2.45) is 0 Å². The Morgan fingerprint density at radius 3 is 2.43 bits per heavy atom. The van der Waals surface area contributed by atoms with Crippen LogP contribution >= 0.6 is 24.4 Å². The highest BCUT2D eigenvalue weighted by Gasteiger charge is 2.27. The average molecular weight is 433 g/mol. The first-order valence-electron chi connectivity index (χ1n) is 8.66. The third-order valence-electron chi connectivity index (χ3n) is 4.40. The van der Waals surface area contributed by atoms with Crippen LogP contribution in [-0.2, 0) is 21.2 Å². The molecule has 0 unspecified atom stereocenters. The fraction of sp³-hybridized carbons (Fsp3) is 0.250. The molecule has 8 heteroatoms. The van der Waals surface area contributed by atoms with Gasteiger partial charge in [-0.05, 0) is 5.56 Å². The Bertz CT molecular complexity index is 1020. The van der Waals surface area contributed by atoms with Crippen molar-refractivity contribution in [2.75, 3.05) is 25.2 Å². The van der Waals surface area contributed by atoms with Gasteiger partial charge in [0.05, 0.1) is 6.54 Å². The molecule has 2 aromatic rings. The molecule has 0 bridgehead atoms. The summed E-state index contributed by atoms with van der Waals surface area (Å²) in [5, 5.41) is 0. The maximum absolute atomic E-state index is 12.5. The summed E-state index contributed by atoms with van der Waals surface area (Å²) >= 11 is 10.8. The van der Waals surface area contributed by atoms with Crippen LogP contribution in [0.25, 0.3) is 0 Å². The van der Waals surface area contributed by atoms with Gasteiger partial charge in [-0.2, -0.15) is 0 Å². The summed E-state index contributed by atoms with van der Waals surface area (Å²) in [5.74, 6) is -1.23. The molecular formula is C20H20N2O3S3. The zero-order chi connectivity index (χ0) is 20.3. The van der Waals surface area contributed by atoms with E-state index in [4.69, 9.17) is 24.4 Å².